The number of fused-ring (bicyclic) bond motifs is 9. The molecule has 2 nitrogen and oxygen atoms in total. The number of benzene rings is 7. The Bertz CT molecular complexity index is 2430. The summed E-state index contributed by atoms with van der Waals surface area (Å²) in [7, 11) is 0. The lowest BCUT2D eigenvalue weighted by atomic mass is 9.74. The summed E-state index contributed by atoms with van der Waals surface area (Å²) in [6, 6.07) is 51.0. The van der Waals surface area contributed by atoms with Crippen LogP contribution in [0, 0.1) is 0 Å². The number of para-hydroxylation sites is 1. The quantitative estimate of drug-likeness (QED) is 0.202. The van der Waals surface area contributed by atoms with Crippen LogP contribution in [0.4, 0.5) is 17.1 Å². The molecular formula is C43H33NO. The van der Waals surface area contributed by atoms with Crippen molar-refractivity contribution in [2.75, 3.05) is 4.90 Å². The Morgan fingerprint density at radius 2 is 1.18 bits per heavy atom. The third-order valence-corrected chi connectivity index (χ3v) is 10.3. The average molecular weight is 580 g/mol. The Labute approximate surface area is 263 Å². The van der Waals surface area contributed by atoms with Gasteiger partial charge in [-0.15, -0.1) is 0 Å². The van der Waals surface area contributed by atoms with Crippen LogP contribution in [0.15, 0.2) is 144 Å². The fourth-order valence-corrected chi connectivity index (χ4v) is 8.06. The summed E-state index contributed by atoms with van der Waals surface area (Å²) in [4.78, 5) is 2.45. The maximum absolute atomic E-state index is 6.50. The van der Waals surface area contributed by atoms with Gasteiger partial charge in [0, 0.05) is 38.3 Å². The molecule has 216 valence electrons. The maximum atomic E-state index is 6.50. The van der Waals surface area contributed by atoms with Crippen molar-refractivity contribution in [1.29, 1.82) is 0 Å². The molecule has 0 amide bonds. The number of hydrogen-bond donors (Lipinski definition) is 0. The minimum Gasteiger partial charge on any atom is -0.455 e. The zero-order valence-electron chi connectivity index (χ0n) is 25.5. The second kappa shape index (κ2) is 9.84. The van der Waals surface area contributed by atoms with Gasteiger partial charge in [-0.05, 0) is 88.3 Å². The Balaban J connectivity index is 1.32. The Morgan fingerprint density at radius 3 is 2.07 bits per heavy atom. The molecule has 0 saturated heterocycles. The first-order valence-electron chi connectivity index (χ1n) is 16.1. The molecule has 1 aliphatic rings. The maximum Gasteiger partial charge on any atom is 0.143 e. The van der Waals surface area contributed by atoms with Gasteiger partial charge >= 0.3 is 0 Å². The van der Waals surface area contributed by atoms with Crippen molar-refractivity contribution < 1.29 is 4.42 Å². The molecule has 0 bridgehead atoms. The van der Waals surface area contributed by atoms with Gasteiger partial charge in [0.25, 0.3) is 0 Å². The molecule has 0 N–H and O–H groups in total. The van der Waals surface area contributed by atoms with Crippen LogP contribution in [0.1, 0.15) is 37.8 Å². The fourth-order valence-electron chi connectivity index (χ4n) is 8.06. The van der Waals surface area contributed by atoms with E-state index in [1.807, 2.05) is 6.07 Å². The summed E-state index contributed by atoms with van der Waals surface area (Å²) in [5.41, 5.74) is 10.9. The van der Waals surface area contributed by atoms with Crippen molar-refractivity contribution in [2.24, 2.45) is 0 Å². The Kier molecular flexibility index (Phi) is 5.70. The normalized spacial score (nSPS) is 13.5. The number of furan rings is 1. The first kappa shape index (κ1) is 26.1. The Hall–Kier alpha value is -5.34. The minimum atomic E-state index is -0.00378. The zero-order valence-corrected chi connectivity index (χ0v) is 25.5. The van der Waals surface area contributed by atoms with Gasteiger partial charge in [0.15, 0.2) is 0 Å². The van der Waals surface area contributed by atoms with Crippen molar-refractivity contribution in [3.8, 4) is 11.1 Å². The molecule has 9 rings (SSSR count). The first-order chi connectivity index (χ1) is 22.2. The summed E-state index contributed by atoms with van der Waals surface area (Å²) in [6.45, 7) is 4.68. The van der Waals surface area contributed by atoms with Gasteiger partial charge in [0.05, 0.1) is 5.69 Å². The number of nitrogens with zero attached hydrogens (tertiary/aromatic N) is 1. The van der Waals surface area contributed by atoms with E-state index in [2.05, 4.69) is 152 Å². The fraction of sp³-hybridized carbons (Fsp3) is 0.116. The SMILES string of the molecule is CCC1(CC)c2ccccc2-c2ccc(N(c3ccc4ccccc4c3)c3cccc4c3ccc3c5ccccc5oc43)cc21. The van der Waals surface area contributed by atoms with Gasteiger partial charge < -0.3 is 9.32 Å². The van der Waals surface area contributed by atoms with Gasteiger partial charge in [-0.2, -0.15) is 0 Å². The highest BCUT2D eigenvalue weighted by Crippen LogP contribution is 2.54. The van der Waals surface area contributed by atoms with Crippen LogP contribution in [0.3, 0.4) is 0 Å². The van der Waals surface area contributed by atoms with Gasteiger partial charge in [-0.3, -0.25) is 0 Å². The second-order valence-corrected chi connectivity index (χ2v) is 12.3. The molecule has 0 fully saturated rings. The lowest BCUT2D eigenvalue weighted by Gasteiger charge is -2.32. The molecule has 0 aliphatic heterocycles. The molecule has 1 heterocycles. The summed E-state index contributed by atoms with van der Waals surface area (Å²) in [5.74, 6) is 0. The molecule has 2 heteroatoms. The van der Waals surface area contributed by atoms with E-state index in [1.165, 1.54) is 44.1 Å². The third-order valence-electron chi connectivity index (χ3n) is 10.3. The van der Waals surface area contributed by atoms with E-state index in [-0.39, 0.29) is 5.41 Å². The highest BCUT2D eigenvalue weighted by atomic mass is 16.3. The van der Waals surface area contributed by atoms with Crippen molar-refractivity contribution in [2.45, 2.75) is 32.1 Å². The molecule has 7 aromatic carbocycles. The second-order valence-electron chi connectivity index (χ2n) is 12.3. The molecule has 1 aliphatic carbocycles. The molecular weight excluding hydrogens is 546 g/mol. The highest BCUT2D eigenvalue weighted by Gasteiger charge is 2.40. The van der Waals surface area contributed by atoms with Gasteiger partial charge in [0.2, 0.25) is 0 Å². The third kappa shape index (κ3) is 3.69. The van der Waals surface area contributed by atoms with Crippen LogP contribution in [0.25, 0.3) is 54.6 Å². The minimum absolute atomic E-state index is 0.00378. The van der Waals surface area contributed by atoms with Crippen LogP contribution in [-0.2, 0) is 5.41 Å². The molecule has 1 aromatic heterocycles. The van der Waals surface area contributed by atoms with Gasteiger partial charge in [0.1, 0.15) is 11.2 Å². The topological polar surface area (TPSA) is 16.4 Å². The standard InChI is InChI=1S/C43H33NO/c1-3-43(4-2)38-17-9-7-14-32(38)33-23-22-31(27-39(33)43)44(30-21-20-28-12-5-6-13-29(28)26-30)40-18-11-16-36-34(40)24-25-37-35-15-8-10-19-41(35)45-42(36)37/h5-27H,3-4H2,1-2H3. The number of hydrogen-bond acceptors (Lipinski definition) is 2. The monoisotopic (exact) mass is 579 g/mol. The summed E-state index contributed by atoms with van der Waals surface area (Å²) >= 11 is 0. The van der Waals surface area contributed by atoms with E-state index in [0.717, 1.165) is 51.5 Å². The lowest BCUT2D eigenvalue weighted by molar-refractivity contribution is 0.490. The predicted molar refractivity (Wildman–Crippen MR) is 190 cm³/mol. The van der Waals surface area contributed by atoms with Crippen molar-refractivity contribution in [3.05, 3.63) is 151 Å². The predicted octanol–water partition coefficient (Wildman–Crippen LogP) is 12.4. The summed E-state index contributed by atoms with van der Waals surface area (Å²) in [5, 5.41) is 7.06. The van der Waals surface area contributed by atoms with E-state index < -0.39 is 0 Å². The Morgan fingerprint density at radius 1 is 0.511 bits per heavy atom. The smallest absolute Gasteiger partial charge is 0.143 e. The van der Waals surface area contributed by atoms with Crippen LogP contribution >= 0.6 is 0 Å². The van der Waals surface area contributed by atoms with E-state index in [1.54, 1.807) is 0 Å². The highest BCUT2D eigenvalue weighted by molar-refractivity contribution is 6.17. The number of anilines is 3. The van der Waals surface area contributed by atoms with Crippen molar-refractivity contribution >= 4 is 60.5 Å². The molecule has 45 heavy (non-hydrogen) atoms. The molecule has 0 atom stereocenters. The molecule has 0 radical (unpaired) electrons. The van der Waals surface area contributed by atoms with Gasteiger partial charge in [-0.1, -0.05) is 111 Å². The summed E-state index contributed by atoms with van der Waals surface area (Å²) in [6.07, 6.45) is 2.12. The van der Waals surface area contributed by atoms with Crippen molar-refractivity contribution in [3.63, 3.8) is 0 Å². The largest absolute Gasteiger partial charge is 0.455 e. The van der Waals surface area contributed by atoms with E-state index in [4.69, 9.17) is 4.42 Å². The zero-order chi connectivity index (χ0) is 30.1. The first-order valence-corrected chi connectivity index (χ1v) is 16.1. The summed E-state index contributed by atoms with van der Waals surface area (Å²) < 4.78 is 6.50. The number of rotatable bonds is 5. The van der Waals surface area contributed by atoms with Crippen LogP contribution in [-0.4, -0.2) is 0 Å². The van der Waals surface area contributed by atoms with E-state index in [0.29, 0.717) is 0 Å². The lowest BCUT2D eigenvalue weighted by Crippen LogP contribution is -2.23. The van der Waals surface area contributed by atoms with Crippen LogP contribution in [0.5, 0.6) is 0 Å². The van der Waals surface area contributed by atoms with E-state index >= 15 is 0 Å². The average Bonchev–Trinajstić information content (AvgIpc) is 3.62. The van der Waals surface area contributed by atoms with Crippen molar-refractivity contribution in [1.82, 2.24) is 0 Å². The van der Waals surface area contributed by atoms with Gasteiger partial charge in [-0.25, -0.2) is 0 Å². The van der Waals surface area contributed by atoms with E-state index in [9.17, 15) is 0 Å². The van der Waals surface area contributed by atoms with Crippen LogP contribution in [0.2, 0.25) is 0 Å². The molecule has 0 saturated carbocycles. The molecule has 0 unspecified atom stereocenters. The molecule has 8 aromatic rings. The molecule has 0 spiro atoms. The van der Waals surface area contributed by atoms with Crippen LogP contribution < -0.4 is 4.90 Å².